The van der Waals surface area contributed by atoms with Crippen molar-refractivity contribution in [3.63, 3.8) is 0 Å². The third-order valence-electron chi connectivity index (χ3n) is 7.30. The normalized spacial score (nSPS) is 26.0. The number of carbonyl (C=O) groups is 1. The Morgan fingerprint density at radius 1 is 1.17 bits per heavy atom. The summed E-state index contributed by atoms with van der Waals surface area (Å²) in [5, 5.41) is 24.6. The maximum absolute atomic E-state index is 14.2. The van der Waals surface area contributed by atoms with Crippen molar-refractivity contribution in [1.82, 2.24) is 24.6 Å². The van der Waals surface area contributed by atoms with Gasteiger partial charge in [0.05, 0.1) is 17.5 Å². The van der Waals surface area contributed by atoms with Gasteiger partial charge < -0.3 is 29.9 Å². The van der Waals surface area contributed by atoms with E-state index in [1.165, 1.54) is 37.1 Å². The standard InChI is InChI=1S/C26H34ClN6O8P/c1-14(26(36)38-16-8-4-3-5-9-16)32-42(37,41-18-11-7-6-10-17(18)27)40-15(2)22-20(34)21(35)25(39-22)33-13-31-19-23(28)29-12-30-24(19)33/h6-7,10-16,20-22,25,34-35H,3-5,8-9H2,1-2H3,(H,32,37)(H2,28,29,30)/t14-,15-,20-,21+,22+,25+,42?/m0/s1. The molecule has 0 bridgehead atoms. The van der Waals surface area contributed by atoms with E-state index in [1.807, 2.05) is 0 Å². The van der Waals surface area contributed by atoms with E-state index in [0.29, 0.717) is 5.52 Å². The van der Waals surface area contributed by atoms with Crippen molar-refractivity contribution in [1.29, 1.82) is 0 Å². The van der Waals surface area contributed by atoms with Crippen LogP contribution in [0.4, 0.5) is 5.82 Å². The number of aliphatic hydroxyl groups excluding tert-OH is 2. The fourth-order valence-electron chi connectivity index (χ4n) is 5.10. The van der Waals surface area contributed by atoms with Crippen molar-refractivity contribution in [3.05, 3.63) is 41.9 Å². The summed E-state index contributed by atoms with van der Waals surface area (Å²) in [6.45, 7) is 2.98. The van der Waals surface area contributed by atoms with Crippen LogP contribution in [0.3, 0.4) is 0 Å². The number of nitrogen functional groups attached to an aromatic ring is 1. The average molecular weight is 625 g/mol. The van der Waals surface area contributed by atoms with E-state index in [1.54, 1.807) is 18.2 Å². The number of nitrogens with zero attached hydrogens (tertiary/aromatic N) is 4. The summed E-state index contributed by atoms with van der Waals surface area (Å²) in [5.41, 5.74) is 6.45. The lowest BCUT2D eigenvalue weighted by atomic mass is 9.98. The molecule has 2 aliphatic rings. The molecule has 228 valence electrons. The minimum atomic E-state index is -4.38. The Labute approximate surface area is 247 Å². The fourth-order valence-corrected chi connectivity index (χ4v) is 7.04. The smallest absolute Gasteiger partial charge is 0.459 e. The van der Waals surface area contributed by atoms with Gasteiger partial charge in [0.1, 0.15) is 48.1 Å². The van der Waals surface area contributed by atoms with E-state index in [9.17, 15) is 19.6 Å². The molecule has 0 amide bonds. The quantitative estimate of drug-likeness (QED) is 0.190. The molecule has 1 aromatic carbocycles. The summed E-state index contributed by atoms with van der Waals surface area (Å²) in [5.74, 6) is -0.426. The van der Waals surface area contributed by atoms with Crippen LogP contribution in [0.1, 0.15) is 52.2 Å². The number of hydrogen-bond acceptors (Lipinski definition) is 12. The molecule has 5 N–H and O–H groups in total. The topological polar surface area (TPSA) is 193 Å². The minimum absolute atomic E-state index is 0.0444. The van der Waals surface area contributed by atoms with Gasteiger partial charge in [-0.2, -0.15) is 5.09 Å². The van der Waals surface area contributed by atoms with Gasteiger partial charge in [-0.25, -0.2) is 19.5 Å². The van der Waals surface area contributed by atoms with Crippen molar-refractivity contribution in [2.75, 3.05) is 5.73 Å². The molecule has 2 fully saturated rings. The highest BCUT2D eigenvalue weighted by Gasteiger charge is 2.49. The second-order valence-corrected chi connectivity index (χ2v) is 12.5. The Hall–Kier alpha value is -2.84. The summed E-state index contributed by atoms with van der Waals surface area (Å²) >= 11 is 6.25. The van der Waals surface area contributed by atoms with Crippen LogP contribution in [0.15, 0.2) is 36.9 Å². The molecule has 0 spiro atoms. The summed E-state index contributed by atoms with van der Waals surface area (Å²) in [7, 11) is -4.38. The predicted molar refractivity (Wildman–Crippen MR) is 151 cm³/mol. The first-order valence-electron chi connectivity index (χ1n) is 13.7. The van der Waals surface area contributed by atoms with Crippen LogP contribution in [0, 0.1) is 0 Å². The molecule has 1 saturated carbocycles. The van der Waals surface area contributed by atoms with Gasteiger partial charge >= 0.3 is 13.7 Å². The highest BCUT2D eigenvalue weighted by Crippen LogP contribution is 2.49. The van der Waals surface area contributed by atoms with Crippen molar-refractivity contribution < 1.29 is 38.1 Å². The molecule has 1 saturated heterocycles. The van der Waals surface area contributed by atoms with Gasteiger partial charge in [-0.1, -0.05) is 30.2 Å². The Morgan fingerprint density at radius 3 is 2.64 bits per heavy atom. The van der Waals surface area contributed by atoms with Gasteiger partial charge in [-0.05, 0) is 51.7 Å². The van der Waals surface area contributed by atoms with Crippen LogP contribution in [0.5, 0.6) is 5.75 Å². The number of aliphatic hydroxyl groups is 2. The first kappa shape index (κ1) is 30.6. The lowest BCUT2D eigenvalue weighted by Gasteiger charge is -2.29. The van der Waals surface area contributed by atoms with Crippen LogP contribution < -0.4 is 15.3 Å². The molecule has 2 aromatic heterocycles. The number of imidazole rings is 1. The van der Waals surface area contributed by atoms with E-state index in [4.69, 9.17) is 35.9 Å². The molecule has 5 rings (SSSR count). The molecule has 16 heteroatoms. The number of anilines is 1. The maximum atomic E-state index is 14.2. The first-order chi connectivity index (χ1) is 20.1. The van der Waals surface area contributed by atoms with E-state index in [-0.39, 0.29) is 28.3 Å². The number of carbonyl (C=O) groups excluding carboxylic acids is 1. The number of rotatable bonds is 10. The summed E-state index contributed by atoms with van der Waals surface area (Å²) in [6.07, 6.45) is 0.625. The van der Waals surface area contributed by atoms with E-state index >= 15 is 0 Å². The Bertz CT molecular complexity index is 1460. The van der Waals surface area contributed by atoms with Crippen molar-refractivity contribution in [3.8, 4) is 5.75 Å². The largest absolute Gasteiger partial charge is 0.461 e. The minimum Gasteiger partial charge on any atom is -0.461 e. The third-order valence-corrected chi connectivity index (χ3v) is 9.36. The Kier molecular flexibility index (Phi) is 9.33. The monoisotopic (exact) mass is 624 g/mol. The number of para-hydroxylation sites is 1. The second-order valence-electron chi connectivity index (χ2n) is 10.4. The number of hydrogen-bond donors (Lipinski definition) is 4. The van der Waals surface area contributed by atoms with Crippen molar-refractivity contribution in [2.45, 2.75) is 88.7 Å². The molecule has 14 nitrogen and oxygen atoms in total. The Balaban J connectivity index is 1.34. The zero-order valence-electron chi connectivity index (χ0n) is 23.1. The number of ether oxygens (including phenoxy) is 2. The molecule has 42 heavy (non-hydrogen) atoms. The van der Waals surface area contributed by atoms with Crippen LogP contribution in [0.2, 0.25) is 5.02 Å². The molecule has 0 radical (unpaired) electrons. The SMILES string of the molecule is C[C@H](NP(=O)(Oc1ccccc1Cl)O[C@@H](C)[C@H]1O[C@@H](n2cnc3c(N)ncnc32)[C@H](O)[C@@H]1O)C(=O)OC1CCCCC1. The molecule has 3 aromatic rings. The third kappa shape index (κ3) is 6.55. The highest BCUT2D eigenvalue weighted by atomic mass is 35.5. The summed E-state index contributed by atoms with van der Waals surface area (Å²) in [4.78, 5) is 25.1. The molecule has 1 aliphatic carbocycles. The maximum Gasteiger partial charge on any atom is 0.459 e. The number of nitrogens with two attached hydrogens (primary N) is 1. The Morgan fingerprint density at radius 2 is 1.90 bits per heavy atom. The predicted octanol–water partition coefficient (Wildman–Crippen LogP) is 3.13. The van der Waals surface area contributed by atoms with Crippen molar-refractivity contribution >= 4 is 42.3 Å². The molecular formula is C26H34ClN6O8P. The summed E-state index contributed by atoms with van der Waals surface area (Å²) < 4.78 is 38.8. The summed E-state index contributed by atoms with van der Waals surface area (Å²) in [6, 6.07) is 5.26. The van der Waals surface area contributed by atoms with Gasteiger partial charge in [0, 0.05) is 0 Å². The van der Waals surface area contributed by atoms with E-state index in [0.717, 1.165) is 32.1 Å². The van der Waals surface area contributed by atoms with Crippen LogP contribution in [0.25, 0.3) is 11.2 Å². The number of halogens is 1. The number of nitrogens with one attached hydrogen (secondary N) is 1. The lowest BCUT2D eigenvalue weighted by Crippen LogP contribution is -2.41. The number of esters is 1. The van der Waals surface area contributed by atoms with Gasteiger partial charge in [-0.15, -0.1) is 0 Å². The van der Waals surface area contributed by atoms with E-state index < -0.39 is 50.4 Å². The van der Waals surface area contributed by atoms with Gasteiger partial charge in [-0.3, -0.25) is 13.9 Å². The molecular weight excluding hydrogens is 591 g/mol. The van der Waals surface area contributed by atoms with Gasteiger partial charge in [0.2, 0.25) is 0 Å². The second kappa shape index (κ2) is 12.8. The zero-order valence-corrected chi connectivity index (χ0v) is 24.7. The zero-order chi connectivity index (χ0) is 30.0. The molecule has 3 heterocycles. The van der Waals surface area contributed by atoms with Crippen LogP contribution in [-0.4, -0.2) is 72.3 Å². The van der Waals surface area contributed by atoms with Crippen LogP contribution >= 0.6 is 19.3 Å². The fraction of sp³-hybridized carbons (Fsp3) is 0.538. The average Bonchev–Trinajstić information content (AvgIpc) is 3.52. The molecule has 1 aliphatic heterocycles. The molecule has 7 atom stereocenters. The van der Waals surface area contributed by atoms with Crippen molar-refractivity contribution in [2.24, 2.45) is 0 Å². The number of benzene rings is 1. The van der Waals surface area contributed by atoms with Gasteiger partial charge in [0.15, 0.2) is 17.7 Å². The highest BCUT2D eigenvalue weighted by molar-refractivity contribution is 7.52. The lowest BCUT2D eigenvalue weighted by molar-refractivity contribution is -0.152. The number of fused-ring (bicyclic) bond motifs is 1. The number of aromatic nitrogens is 4. The molecule has 1 unspecified atom stereocenters. The first-order valence-corrected chi connectivity index (χ1v) is 15.6. The van der Waals surface area contributed by atoms with Gasteiger partial charge in [0.25, 0.3) is 0 Å². The van der Waals surface area contributed by atoms with E-state index in [2.05, 4.69) is 20.0 Å². The van der Waals surface area contributed by atoms with Crippen LogP contribution in [-0.2, 0) is 23.4 Å².